The number of benzene rings is 1. The second-order valence-electron chi connectivity index (χ2n) is 5.43. The summed E-state index contributed by atoms with van der Waals surface area (Å²) in [5.41, 5.74) is 6.66. The number of aromatic nitrogens is 2. The molecule has 1 aliphatic rings. The fraction of sp³-hybridized carbons (Fsp3) is 0.467. The summed E-state index contributed by atoms with van der Waals surface area (Å²) < 4.78 is 23.7. The molecule has 6 heteroatoms. The Hall–Kier alpha value is -1.95. The summed E-state index contributed by atoms with van der Waals surface area (Å²) in [6.07, 6.45) is 4.01. The molecule has 1 aromatic heterocycles. The van der Waals surface area contributed by atoms with Crippen LogP contribution < -0.4 is 10.5 Å². The molecular formula is C15H18FN3O2. The summed E-state index contributed by atoms with van der Waals surface area (Å²) in [6, 6.07) is 4.71. The average molecular weight is 291 g/mol. The quantitative estimate of drug-likeness (QED) is 0.941. The van der Waals surface area contributed by atoms with Crippen LogP contribution in [0.5, 0.6) is 5.75 Å². The van der Waals surface area contributed by atoms with Crippen LogP contribution in [0.25, 0.3) is 11.4 Å². The molecule has 0 amide bonds. The summed E-state index contributed by atoms with van der Waals surface area (Å²) in [6.45, 7) is 0. The molecule has 2 aromatic rings. The van der Waals surface area contributed by atoms with Crippen LogP contribution in [0, 0.1) is 5.82 Å². The van der Waals surface area contributed by atoms with Crippen LogP contribution in [0.3, 0.4) is 0 Å². The minimum Gasteiger partial charge on any atom is -0.494 e. The molecular weight excluding hydrogens is 273 g/mol. The highest BCUT2D eigenvalue weighted by atomic mass is 19.1. The molecule has 5 nitrogen and oxygen atoms in total. The van der Waals surface area contributed by atoms with E-state index in [1.807, 2.05) is 0 Å². The number of halogens is 1. The van der Waals surface area contributed by atoms with Gasteiger partial charge >= 0.3 is 0 Å². The Balaban J connectivity index is 1.84. The van der Waals surface area contributed by atoms with Crippen molar-refractivity contribution >= 4 is 0 Å². The molecule has 2 N–H and O–H groups in total. The van der Waals surface area contributed by atoms with E-state index < -0.39 is 5.82 Å². The molecule has 0 saturated heterocycles. The van der Waals surface area contributed by atoms with E-state index in [-0.39, 0.29) is 17.7 Å². The first kappa shape index (κ1) is 14.0. The first-order valence-electron chi connectivity index (χ1n) is 7.10. The number of hydrogen-bond donors (Lipinski definition) is 1. The number of methoxy groups -OCH3 is 1. The van der Waals surface area contributed by atoms with Crippen molar-refractivity contribution in [2.24, 2.45) is 5.73 Å². The number of nitrogens with two attached hydrogens (primary N) is 1. The predicted octanol–water partition coefficient (Wildman–Crippen LogP) is 2.87. The lowest BCUT2D eigenvalue weighted by Crippen LogP contribution is -2.26. The van der Waals surface area contributed by atoms with Crippen LogP contribution in [0.15, 0.2) is 22.7 Å². The standard InChI is InChI=1S/C15H18FN3O2/c1-20-13-8-9(5-6-12(13)16)14-18-15(21-19-14)10-3-2-4-11(17)7-10/h5-6,8,10-11H,2-4,7,17H2,1H3. The molecule has 0 radical (unpaired) electrons. The average Bonchev–Trinajstić information content (AvgIpc) is 2.97. The van der Waals surface area contributed by atoms with Crippen molar-refractivity contribution in [3.63, 3.8) is 0 Å². The maximum absolute atomic E-state index is 13.4. The molecule has 3 rings (SSSR count). The third-order valence-corrected chi connectivity index (χ3v) is 3.92. The highest BCUT2D eigenvalue weighted by Gasteiger charge is 2.25. The van der Waals surface area contributed by atoms with Crippen molar-refractivity contribution in [1.82, 2.24) is 10.1 Å². The number of rotatable bonds is 3. The smallest absolute Gasteiger partial charge is 0.230 e. The van der Waals surface area contributed by atoms with Crippen molar-refractivity contribution in [2.75, 3.05) is 7.11 Å². The van der Waals surface area contributed by atoms with Crippen molar-refractivity contribution in [2.45, 2.75) is 37.6 Å². The first-order valence-corrected chi connectivity index (χ1v) is 7.10. The van der Waals surface area contributed by atoms with Gasteiger partial charge in [-0.15, -0.1) is 0 Å². The topological polar surface area (TPSA) is 74.2 Å². The molecule has 0 aliphatic heterocycles. The molecule has 1 fully saturated rings. The Morgan fingerprint density at radius 2 is 2.24 bits per heavy atom. The fourth-order valence-corrected chi connectivity index (χ4v) is 2.77. The normalized spacial score (nSPS) is 22.2. The maximum Gasteiger partial charge on any atom is 0.230 e. The van der Waals surface area contributed by atoms with Gasteiger partial charge in [-0.3, -0.25) is 0 Å². The number of ether oxygens (including phenoxy) is 1. The lowest BCUT2D eigenvalue weighted by molar-refractivity contribution is 0.299. The predicted molar refractivity (Wildman–Crippen MR) is 75.4 cm³/mol. The van der Waals surface area contributed by atoms with Crippen LogP contribution in [-0.2, 0) is 0 Å². The zero-order valence-corrected chi connectivity index (χ0v) is 11.9. The summed E-state index contributed by atoms with van der Waals surface area (Å²) in [5, 5.41) is 3.99. The Labute approximate surface area is 122 Å². The van der Waals surface area contributed by atoms with Gasteiger partial charge in [0.2, 0.25) is 11.7 Å². The zero-order chi connectivity index (χ0) is 14.8. The van der Waals surface area contributed by atoms with E-state index in [4.69, 9.17) is 15.0 Å². The maximum atomic E-state index is 13.4. The van der Waals surface area contributed by atoms with Crippen LogP contribution in [0.2, 0.25) is 0 Å². The molecule has 2 unspecified atom stereocenters. The highest BCUT2D eigenvalue weighted by Crippen LogP contribution is 2.32. The van der Waals surface area contributed by atoms with E-state index in [0.29, 0.717) is 17.3 Å². The third kappa shape index (κ3) is 2.90. The van der Waals surface area contributed by atoms with Crippen LogP contribution in [0.1, 0.15) is 37.5 Å². The van der Waals surface area contributed by atoms with E-state index in [1.54, 1.807) is 12.1 Å². The van der Waals surface area contributed by atoms with Gasteiger partial charge in [-0.2, -0.15) is 4.98 Å². The van der Waals surface area contributed by atoms with Gasteiger partial charge in [-0.05, 0) is 37.5 Å². The third-order valence-electron chi connectivity index (χ3n) is 3.92. The lowest BCUT2D eigenvalue weighted by atomic mass is 9.86. The SMILES string of the molecule is COc1cc(-c2noc(C3CCCC(N)C3)n2)ccc1F. The summed E-state index contributed by atoms with van der Waals surface area (Å²) in [7, 11) is 1.42. The molecule has 0 spiro atoms. The van der Waals surface area contributed by atoms with Crippen molar-refractivity contribution < 1.29 is 13.7 Å². The van der Waals surface area contributed by atoms with Crippen LogP contribution >= 0.6 is 0 Å². The molecule has 1 aromatic carbocycles. The van der Waals surface area contributed by atoms with E-state index >= 15 is 0 Å². The largest absolute Gasteiger partial charge is 0.494 e. The Bertz CT molecular complexity index is 629. The van der Waals surface area contributed by atoms with Gasteiger partial charge in [-0.25, -0.2) is 4.39 Å². The summed E-state index contributed by atoms with van der Waals surface area (Å²) in [5.74, 6) is 1.03. The molecule has 112 valence electrons. The van der Waals surface area contributed by atoms with Gasteiger partial charge in [0.25, 0.3) is 0 Å². The number of hydrogen-bond acceptors (Lipinski definition) is 5. The van der Waals surface area contributed by atoms with Gasteiger partial charge in [-0.1, -0.05) is 11.6 Å². The van der Waals surface area contributed by atoms with Gasteiger partial charge < -0.3 is 15.0 Å². The Morgan fingerprint density at radius 1 is 1.38 bits per heavy atom. The minimum absolute atomic E-state index is 0.165. The van der Waals surface area contributed by atoms with Gasteiger partial charge in [0.05, 0.1) is 7.11 Å². The van der Waals surface area contributed by atoms with Crippen molar-refractivity contribution in [3.8, 4) is 17.1 Å². The van der Waals surface area contributed by atoms with Crippen LogP contribution in [0.4, 0.5) is 4.39 Å². The van der Waals surface area contributed by atoms with E-state index in [9.17, 15) is 4.39 Å². The Morgan fingerprint density at radius 3 is 3.00 bits per heavy atom. The van der Waals surface area contributed by atoms with Crippen molar-refractivity contribution in [3.05, 3.63) is 29.9 Å². The van der Waals surface area contributed by atoms with Crippen LogP contribution in [-0.4, -0.2) is 23.3 Å². The number of nitrogens with zero attached hydrogens (tertiary/aromatic N) is 2. The van der Waals surface area contributed by atoms with Gasteiger partial charge in [0.15, 0.2) is 11.6 Å². The second-order valence-corrected chi connectivity index (χ2v) is 5.43. The molecule has 0 bridgehead atoms. The zero-order valence-electron chi connectivity index (χ0n) is 11.9. The molecule has 2 atom stereocenters. The van der Waals surface area contributed by atoms with Crippen molar-refractivity contribution in [1.29, 1.82) is 0 Å². The highest BCUT2D eigenvalue weighted by molar-refractivity contribution is 5.57. The molecule has 1 heterocycles. The fourth-order valence-electron chi connectivity index (χ4n) is 2.77. The minimum atomic E-state index is -0.414. The Kier molecular flexibility index (Phi) is 3.88. The van der Waals surface area contributed by atoms with Gasteiger partial charge in [0, 0.05) is 17.5 Å². The van der Waals surface area contributed by atoms with Gasteiger partial charge in [0.1, 0.15) is 0 Å². The first-order chi connectivity index (χ1) is 10.2. The molecule has 21 heavy (non-hydrogen) atoms. The monoisotopic (exact) mass is 291 g/mol. The second kappa shape index (κ2) is 5.81. The molecule has 1 aliphatic carbocycles. The van der Waals surface area contributed by atoms with E-state index in [0.717, 1.165) is 25.7 Å². The lowest BCUT2D eigenvalue weighted by Gasteiger charge is -2.23. The van der Waals surface area contributed by atoms with E-state index in [2.05, 4.69) is 10.1 Å². The van der Waals surface area contributed by atoms with E-state index in [1.165, 1.54) is 13.2 Å². The molecule has 1 saturated carbocycles. The summed E-state index contributed by atoms with van der Waals surface area (Å²) >= 11 is 0. The summed E-state index contributed by atoms with van der Waals surface area (Å²) in [4.78, 5) is 4.43.